The van der Waals surface area contributed by atoms with Gasteiger partial charge in [-0.3, -0.25) is 0 Å². The Morgan fingerprint density at radius 2 is 1.35 bits per heavy atom. The molecule has 0 amide bonds. The fourth-order valence-corrected chi connectivity index (χ4v) is 2.33. The fraction of sp³-hybridized carbons (Fsp3) is 0.125. The van der Waals surface area contributed by atoms with Crippen molar-refractivity contribution in [1.82, 2.24) is 0 Å². The van der Waals surface area contributed by atoms with Gasteiger partial charge < -0.3 is 0 Å². The molecule has 3 rings (SSSR count). The first-order valence-electron chi connectivity index (χ1n) is 5.74. The van der Waals surface area contributed by atoms with Gasteiger partial charge in [0.1, 0.15) is 0 Å². The van der Waals surface area contributed by atoms with Gasteiger partial charge in [-0.25, -0.2) is 0 Å². The van der Waals surface area contributed by atoms with E-state index in [2.05, 4.69) is 54.7 Å². The Balaban J connectivity index is 0.000000153. The average molecular weight is 258 g/mol. The molecule has 1 unspecified atom stereocenters. The van der Waals surface area contributed by atoms with Gasteiger partial charge >= 0.3 is 76.0 Å². The Bertz CT molecular complexity index is 473. The van der Waals surface area contributed by atoms with E-state index in [-0.39, 0.29) is 0 Å². The van der Waals surface area contributed by atoms with Gasteiger partial charge in [0.25, 0.3) is 0 Å². The predicted molar refractivity (Wildman–Crippen MR) is 69.3 cm³/mol. The van der Waals surface area contributed by atoms with Crippen molar-refractivity contribution in [2.24, 2.45) is 0 Å². The maximum atomic E-state index is 2.72. The average Bonchev–Trinajstić information content (AvgIpc) is 2.69. The Kier molecular flexibility index (Phi) is 4.25. The Morgan fingerprint density at radius 3 is 1.88 bits per heavy atom. The molecular weight excluding hydrogens is 243 g/mol. The minimum absolute atomic E-state index is 0.568. The van der Waals surface area contributed by atoms with E-state index in [0.717, 1.165) is 0 Å². The first-order valence-corrected chi connectivity index (χ1v) is 6.55. The van der Waals surface area contributed by atoms with Crippen LogP contribution in [0.5, 0.6) is 0 Å². The van der Waals surface area contributed by atoms with Crippen LogP contribution >= 0.6 is 0 Å². The van der Waals surface area contributed by atoms with Gasteiger partial charge in [-0.1, -0.05) is 36.4 Å². The van der Waals surface area contributed by atoms with Gasteiger partial charge in [-0.15, -0.1) is 0 Å². The van der Waals surface area contributed by atoms with Crippen LogP contribution in [0.15, 0.2) is 66.2 Å². The van der Waals surface area contributed by atoms with Crippen LogP contribution < -0.4 is 0 Å². The molecule has 2 aromatic carbocycles. The maximum absolute atomic E-state index is 2.72. The summed E-state index contributed by atoms with van der Waals surface area (Å²) < 4.78 is 0.568. The van der Waals surface area contributed by atoms with E-state index in [0.29, 0.717) is 4.63 Å². The topological polar surface area (TPSA) is 0 Å². The summed E-state index contributed by atoms with van der Waals surface area (Å²) in [6.45, 7) is 2.18. The Morgan fingerprint density at radius 1 is 0.824 bits per heavy atom. The van der Waals surface area contributed by atoms with Crippen molar-refractivity contribution in [3.05, 3.63) is 77.4 Å². The first kappa shape index (κ1) is 12.2. The molecule has 0 spiro atoms. The Labute approximate surface area is 112 Å². The molecule has 0 nitrogen and oxygen atoms in total. The van der Waals surface area contributed by atoms with Crippen LogP contribution in [0.4, 0.5) is 0 Å². The predicted octanol–water partition coefficient (Wildman–Crippen LogP) is 4.38. The van der Waals surface area contributed by atoms with Gasteiger partial charge in [0, 0.05) is 0 Å². The summed E-state index contributed by atoms with van der Waals surface area (Å²) in [6.07, 6.45) is 2.26. The number of fused-ring (bicyclic) bond motifs is 1. The molecule has 0 saturated heterocycles. The molecule has 0 saturated carbocycles. The summed E-state index contributed by atoms with van der Waals surface area (Å²) in [5, 5.41) is 0. The van der Waals surface area contributed by atoms with E-state index < -0.39 is 0 Å². The molecule has 0 N–H and O–H groups in total. The van der Waals surface area contributed by atoms with E-state index in [1.165, 1.54) is 16.7 Å². The van der Waals surface area contributed by atoms with Gasteiger partial charge in [-0.05, 0) is 0 Å². The second-order valence-corrected chi connectivity index (χ2v) is 4.88. The summed E-state index contributed by atoms with van der Waals surface area (Å²) >= 11 is 2.72. The number of hydrogen-bond donors (Lipinski definition) is 0. The smallest absolute Gasteiger partial charge is 0.0623 e. The van der Waals surface area contributed by atoms with Crippen molar-refractivity contribution >= 4 is 6.08 Å². The van der Waals surface area contributed by atoms with Gasteiger partial charge in [0.15, 0.2) is 0 Å². The van der Waals surface area contributed by atoms with Crippen molar-refractivity contribution < 1.29 is 17.4 Å². The number of allylic oxidation sites excluding steroid dienone is 1. The molecule has 84 valence electrons. The first-order chi connectivity index (χ1) is 8.29. The normalized spacial score (nSPS) is 16.5. The number of rotatable bonds is 0. The molecule has 1 heteroatoms. The quantitative estimate of drug-likeness (QED) is 0.658. The molecule has 1 atom stereocenters. The standard InChI is InChI=1S/C10H9.C6H6.V/c1-8-6-9-4-2-3-5-10(9)7-8;1-2-4-6-5-3-1;/h2-7H,1H3;1-6H;. The van der Waals surface area contributed by atoms with Gasteiger partial charge in [0.2, 0.25) is 0 Å². The zero-order chi connectivity index (χ0) is 12.1. The van der Waals surface area contributed by atoms with E-state index >= 15 is 0 Å². The summed E-state index contributed by atoms with van der Waals surface area (Å²) in [4.78, 5) is 0. The molecule has 1 aliphatic carbocycles. The minimum Gasteiger partial charge on any atom is -0.0623 e. The van der Waals surface area contributed by atoms with Crippen LogP contribution in [0.1, 0.15) is 22.7 Å². The van der Waals surface area contributed by atoms with Crippen molar-refractivity contribution in [3.8, 4) is 0 Å². The molecule has 0 heterocycles. The van der Waals surface area contributed by atoms with Gasteiger partial charge in [-0.2, -0.15) is 0 Å². The minimum atomic E-state index is 0.568. The van der Waals surface area contributed by atoms with Crippen LogP contribution in [-0.4, -0.2) is 0 Å². The third-order valence-corrected chi connectivity index (χ3v) is 3.84. The summed E-state index contributed by atoms with van der Waals surface area (Å²) in [7, 11) is 0. The molecule has 17 heavy (non-hydrogen) atoms. The molecule has 0 bridgehead atoms. The SMILES string of the molecule is CC1=Cc2ccccc2[CH]1[V].c1ccccc1. The molecule has 1 aliphatic rings. The van der Waals surface area contributed by atoms with Crippen molar-refractivity contribution in [1.29, 1.82) is 0 Å². The second-order valence-electron chi connectivity index (χ2n) is 4.07. The number of benzene rings is 2. The monoisotopic (exact) mass is 258 g/mol. The Hall–Kier alpha value is -1.24. The van der Waals surface area contributed by atoms with Crippen LogP contribution in [0.2, 0.25) is 0 Å². The van der Waals surface area contributed by atoms with Crippen molar-refractivity contribution in [2.45, 2.75) is 11.6 Å². The third-order valence-electron chi connectivity index (χ3n) is 2.77. The third kappa shape index (κ3) is 3.12. The largest absolute Gasteiger partial charge is 0.0623 e. The summed E-state index contributed by atoms with van der Waals surface area (Å²) in [5.74, 6) is 0. The molecule has 0 radical (unpaired) electrons. The van der Waals surface area contributed by atoms with Crippen LogP contribution in [-0.2, 0) is 17.4 Å². The fourth-order valence-electron chi connectivity index (χ4n) is 1.85. The van der Waals surface area contributed by atoms with E-state index in [1.54, 1.807) is 0 Å². The van der Waals surface area contributed by atoms with Crippen molar-refractivity contribution in [2.75, 3.05) is 0 Å². The second kappa shape index (κ2) is 5.91. The van der Waals surface area contributed by atoms with Crippen molar-refractivity contribution in [3.63, 3.8) is 0 Å². The zero-order valence-electron chi connectivity index (χ0n) is 9.88. The van der Waals surface area contributed by atoms with E-state index in [4.69, 9.17) is 0 Å². The molecule has 0 aliphatic heterocycles. The molecular formula is C16H15V. The van der Waals surface area contributed by atoms with E-state index in [9.17, 15) is 0 Å². The molecule has 0 fully saturated rings. The maximum Gasteiger partial charge on any atom is -0.0623 e. The van der Waals surface area contributed by atoms with Crippen LogP contribution in [0.25, 0.3) is 6.08 Å². The van der Waals surface area contributed by atoms with Crippen LogP contribution in [0, 0.1) is 0 Å². The van der Waals surface area contributed by atoms with Gasteiger partial charge in [0.05, 0.1) is 0 Å². The van der Waals surface area contributed by atoms with E-state index in [1.807, 2.05) is 36.4 Å². The molecule has 0 aromatic heterocycles. The summed E-state index contributed by atoms with van der Waals surface area (Å²) in [6, 6.07) is 20.6. The zero-order valence-corrected chi connectivity index (χ0v) is 11.3. The summed E-state index contributed by atoms with van der Waals surface area (Å²) in [5.41, 5.74) is 4.28. The number of hydrogen-bond acceptors (Lipinski definition) is 0. The molecule has 2 aromatic rings. The van der Waals surface area contributed by atoms with Crippen LogP contribution in [0.3, 0.4) is 0 Å².